The van der Waals surface area contributed by atoms with Gasteiger partial charge >= 0.3 is 5.69 Å². The van der Waals surface area contributed by atoms with E-state index >= 15 is 0 Å². The van der Waals surface area contributed by atoms with Gasteiger partial charge < -0.3 is 15.2 Å². The second-order valence-corrected chi connectivity index (χ2v) is 5.97. The average Bonchev–Trinajstić information content (AvgIpc) is 3.01. The molecule has 1 aliphatic heterocycles. The number of nitrogens with one attached hydrogen (secondary N) is 2. The summed E-state index contributed by atoms with van der Waals surface area (Å²) in [6, 6.07) is 8.25. The number of benzene rings is 1. The summed E-state index contributed by atoms with van der Waals surface area (Å²) >= 11 is 0. The number of hydrogen-bond acceptors (Lipinski definition) is 5. The third-order valence-corrected chi connectivity index (χ3v) is 4.22. The fourth-order valence-corrected chi connectivity index (χ4v) is 2.86. The number of aliphatic hydroxyl groups excluding tert-OH is 1. The molecule has 25 heavy (non-hydrogen) atoms. The molecule has 0 aliphatic carbocycles. The Morgan fingerprint density at radius 1 is 1.36 bits per heavy atom. The molecule has 1 saturated heterocycles. The summed E-state index contributed by atoms with van der Waals surface area (Å²) in [6.07, 6.45) is 0.398. The van der Waals surface area contributed by atoms with E-state index in [1.807, 2.05) is 6.07 Å². The maximum atomic E-state index is 12.3. The van der Waals surface area contributed by atoms with Gasteiger partial charge in [-0.15, -0.1) is 0 Å². The molecule has 3 rings (SSSR count). The minimum absolute atomic E-state index is 0.279. The van der Waals surface area contributed by atoms with Crippen LogP contribution < -0.4 is 16.6 Å². The Kier molecular flexibility index (Phi) is 4.82. The molecule has 0 spiro atoms. The van der Waals surface area contributed by atoms with E-state index in [1.165, 1.54) is 10.8 Å². The lowest BCUT2D eigenvalue weighted by atomic mass is 10.1. The first kappa shape index (κ1) is 17.1. The SMILES string of the molecule is Cc1cn([C@H]2C[C@H](NC(=O)c3ccccc3)[C@@H](CO)O2)c(=O)[nH]c1=O. The molecule has 1 aliphatic rings. The van der Waals surface area contributed by atoms with Crippen molar-refractivity contribution in [1.29, 1.82) is 0 Å². The average molecular weight is 345 g/mol. The third kappa shape index (κ3) is 3.54. The molecule has 1 amide bonds. The van der Waals surface area contributed by atoms with Crippen molar-refractivity contribution in [2.24, 2.45) is 0 Å². The van der Waals surface area contributed by atoms with Crippen molar-refractivity contribution in [3.05, 3.63) is 68.5 Å². The Morgan fingerprint density at radius 3 is 2.76 bits per heavy atom. The van der Waals surface area contributed by atoms with Gasteiger partial charge in [0.05, 0.1) is 12.6 Å². The number of aromatic nitrogens is 2. The van der Waals surface area contributed by atoms with Crippen LogP contribution >= 0.6 is 0 Å². The van der Waals surface area contributed by atoms with Gasteiger partial charge in [-0.2, -0.15) is 0 Å². The first-order valence-corrected chi connectivity index (χ1v) is 7.94. The Labute approximate surface area is 143 Å². The van der Waals surface area contributed by atoms with Gasteiger partial charge in [-0.1, -0.05) is 18.2 Å². The number of carbonyl (C=O) groups is 1. The molecule has 1 aromatic heterocycles. The molecule has 0 saturated carbocycles. The van der Waals surface area contributed by atoms with Crippen molar-refractivity contribution in [2.75, 3.05) is 6.61 Å². The molecule has 3 atom stereocenters. The Hall–Kier alpha value is -2.71. The number of hydrogen-bond donors (Lipinski definition) is 3. The van der Waals surface area contributed by atoms with Crippen LogP contribution in [-0.4, -0.2) is 39.3 Å². The maximum absolute atomic E-state index is 12.3. The molecule has 2 heterocycles. The van der Waals surface area contributed by atoms with E-state index in [0.29, 0.717) is 17.5 Å². The topological polar surface area (TPSA) is 113 Å². The van der Waals surface area contributed by atoms with Gasteiger partial charge in [0.1, 0.15) is 12.3 Å². The highest BCUT2D eigenvalue weighted by molar-refractivity contribution is 5.94. The number of carbonyl (C=O) groups excluding carboxylic acids is 1. The molecule has 2 aromatic rings. The van der Waals surface area contributed by atoms with E-state index in [4.69, 9.17) is 4.74 Å². The van der Waals surface area contributed by atoms with Crippen LogP contribution in [-0.2, 0) is 4.74 Å². The van der Waals surface area contributed by atoms with E-state index in [1.54, 1.807) is 31.2 Å². The van der Waals surface area contributed by atoms with Crippen molar-refractivity contribution in [3.8, 4) is 0 Å². The minimum Gasteiger partial charge on any atom is -0.394 e. The van der Waals surface area contributed by atoms with Gasteiger partial charge in [0.25, 0.3) is 11.5 Å². The lowest BCUT2D eigenvalue weighted by Crippen LogP contribution is -2.42. The van der Waals surface area contributed by atoms with Crippen molar-refractivity contribution >= 4 is 5.91 Å². The standard InChI is InChI=1S/C17H19N3O5/c1-10-8-20(17(24)19-15(10)22)14-7-12(13(9-21)25-14)18-16(23)11-5-3-2-4-6-11/h2-6,8,12-14,21H,7,9H2,1H3,(H,18,23)(H,19,22,24)/t12-,13+,14+/m0/s1. The fraction of sp³-hybridized carbons (Fsp3) is 0.353. The first-order valence-electron chi connectivity index (χ1n) is 7.94. The van der Waals surface area contributed by atoms with Crippen molar-refractivity contribution in [3.63, 3.8) is 0 Å². The zero-order valence-corrected chi connectivity index (χ0v) is 13.6. The molecule has 0 radical (unpaired) electrons. The molecule has 132 valence electrons. The molecule has 8 heteroatoms. The molecule has 1 fully saturated rings. The summed E-state index contributed by atoms with van der Waals surface area (Å²) < 4.78 is 6.97. The lowest BCUT2D eigenvalue weighted by molar-refractivity contribution is -0.0288. The number of ether oxygens (including phenoxy) is 1. The number of nitrogens with zero attached hydrogens (tertiary/aromatic N) is 1. The number of aryl methyl sites for hydroxylation is 1. The van der Waals surface area contributed by atoms with E-state index in [-0.39, 0.29) is 12.5 Å². The van der Waals surface area contributed by atoms with Gasteiger partial charge in [-0.25, -0.2) is 4.79 Å². The van der Waals surface area contributed by atoms with Crippen LogP contribution in [0.1, 0.15) is 28.6 Å². The van der Waals surface area contributed by atoms with Gasteiger partial charge in [0, 0.05) is 23.7 Å². The highest BCUT2D eigenvalue weighted by atomic mass is 16.5. The highest BCUT2D eigenvalue weighted by Gasteiger charge is 2.37. The van der Waals surface area contributed by atoms with Crippen LogP contribution in [0.5, 0.6) is 0 Å². The number of H-pyrrole nitrogens is 1. The predicted octanol–water partition coefficient (Wildman–Crippen LogP) is -0.0766. The van der Waals surface area contributed by atoms with Crippen LogP contribution in [0, 0.1) is 6.92 Å². The van der Waals surface area contributed by atoms with E-state index < -0.39 is 29.6 Å². The van der Waals surface area contributed by atoms with Gasteiger partial charge in [0.15, 0.2) is 0 Å². The Balaban J connectivity index is 1.79. The van der Waals surface area contributed by atoms with Crippen LogP contribution in [0.2, 0.25) is 0 Å². The monoisotopic (exact) mass is 345 g/mol. The summed E-state index contributed by atoms with van der Waals surface area (Å²) in [5, 5.41) is 12.4. The quantitative estimate of drug-likeness (QED) is 0.717. The Morgan fingerprint density at radius 2 is 2.08 bits per heavy atom. The van der Waals surface area contributed by atoms with Crippen LogP contribution in [0.15, 0.2) is 46.1 Å². The van der Waals surface area contributed by atoms with E-state index in [2.05, 4.69) is 10.3 Å². The summed E-state index contributed by atoms with van der Waals surface area (Å²) in [6.45, 7) is 1.29. The van der Waals surface area contributed by atoms with Crippen molar-refractivity contribution in [2.45, 2.75) is 31.7 Å². The molecule has 0 bridgehead atoms. The van der Waals surface area contributed by atoms with Crippen LogP contribution in [0.3, 0.4) is 0 Å². The normalized spacial score (nSPS) is 22.7. The second-order valence-electron chi connectivity index (χ2n) is 5.97. The molecular weight excluding hydrogens is 326 g/mol. The summed E-state index contributed by atoms with van der Waals surface area (Å²) in [7, 11) is 0. The van der Waals surface area contributed by atoms with Gasteiger partial charge in [-0.3, -0.25) is 19.1 Å². The first-order chi connectivity index (χ1) is 12.0. The largest absolute Gasteiger partial charge is 0.394 e. The molecule has 0 unspecified atom stereocenters. The minimum atomic E-state index is -0.679. The highest BCUT2D eigenvalue weighted by Crippen LogP contribution is 2.27. The van der Waals surface area contributed by atoms with E-state index in [9.17, 15) is 19.5 Å². The number of amides is 1. The maximum Gasteiger partial charge on any atom is 0.330 e. The third-order valence-electron chi connectivity index (χ3n) is 4.22. The smallest absolute Gasteiger partial charge is 0.330 e. The zero-order chi connectivity index (χ0) is 18.0. The predicted molar refractivity (Wildman–Crippen MR) is 89.4 cm³/mol. The molecule has 8 nitrogen and oxygen atoms in total. The fourth-order valence-electron chi connectivity index (χ4n) is 2.86. The molecule has 3 N–H and O–H groups in total. The number of aliphatic hydroxyl groups is 1. The van der Waals surface area contributed by atoms with Crippen molar-refractivity contribution < 1.29 is 14.6 Å². The Bertz CT molecular complexity index is 874. The van der Waals surface area contributed by atoms with Crippen LogP contribution in [0.25, 0.3) is 0 Å². The van der Waals surface area contributed by atoms with Crippen LogP contribution in [0.4, 0.5) is 0 Å². The number of aromatic amines is 1. The summed E-state index contributed by atoms with van der Waals surface area (Å²) in [5.41, 5.74) is -0.167. The second kappa shape index (κ2) is 7.04. The van der Waals surface area contributed by atoms with Gasteiger partial charge in [0.2, 0.25) is 0 Å². The summed E-state index contributed by atoms with van der Waals surface area (Å²) in [5.74, 6) is -0.279. The van der Waals surface area contributed by atoms with Gasteiger partial charge in [-0.05, 0) is 19.1 Å². The zero-order valence-electron chi connectivity index (χ0n) is 13.6. The van der Waals surface area contributed by atoms with Crippen molar-refractivity contribution in [1.82, 2.24) is 14.9 Å². The van der Waals surface area contributed by atoms with E-state index in [0.717, 1.165) is 0 Å². The number of rotatable bonds is 4. The molecular formula is C17H19N3O5. The molecule has 1 aromatic carbocycles. The lowest BCUT2D eigenvalue weighted by Gasteiger charge is -2.17. The summed E-state index contributed by atoms with van der Waals surface area (Å²) in [4.78, 5) is 38.0.